The summed E-state index contributed by atoms with van der Waals surface area (Å²) in [6, 6.07) is 12.7. The second-order valence-corrected chi connectivity index (χ2v) is 6.66. The Morgan fingerprint density at radius 2 is 2.19 bits per heavy atom. The molecule has 1 aliphatic rings. The van der Waals surface area contributed by atoms with Gasteiger partial charge in [-0.2, -0.15) is 0 Å². The third-order valence-corrected chi connectivity index (χ3v) is 4.92. The minimum atomic E-state index is -0.109. The lowest BCUT2D eigenvalue weighted by Crippen LogP contribution is -2.47. The number of aromatic nitrogens is 2. The molecule has 0 bridgehead atoms. The van der Waals surface area contributed by atoms with Crippen LogP contribution in [0.3, 0.4) is 0 Å². The number of hydrogen-bond donors (Lipinski definition) is 2. The van der Waals surface area contributed by atoms with E-state index in [0.29, 0.717) is 0 Å². The van der Waals surface area contributed by atoms with Crippen molar-refractivity contribution in [2.24, 2.45) is 0 Å². The van der Waals surface area contributed by atoms with Crippen LogP contribution in [0, 0.1) is 0 Å². The highest BCUT2D eigenvalue weighted by atomic mass is 16.1. The summed E-state index contributed by atoms with van der Waals surface area (Å²) in [6.45, 7) is 5.29. The topological polar surface area (TPSA) is 61.0 Å². The summed E-state index contributed by atoms with van der Waals surface area (Å²) in [4.78, 5) is 21.8. The van der Waals surface area contributed by atoms with E-state index in [1.807, 2.05) is 30.6 Å². The number of carbonyl (C=O) groups is 1. The molecule has 4 rings (SSSR count). The second-order valence-electron chi connectivity index (χ2n) is 6.66. The van der Waals surface area contributed by atoms with Gasteiger partial charge in [-0.05, 0) is 30.5 Å². The van der Waals surface area contributed by atoms with Crippen LogP contribution < -0.4 is 10.2 Å². The predicted molar refractivity (Wildman–Crippen MR) is 105 cm³/mol. The molecule has 3 heterocycles. The molecule has 5 heteroatoms. The van der Waals surface area contributed by atoms with E-state index in [2.05, 4.69) is 45.0 Å². The lowest BCUT2D eigenvalue weighted by Gasteiger charge is -2.34. The highest BCUT2D eigenvalue weighted by molar-refractivity contribution is 5.95. The zero-order valence-electron chi connectivity index (χ0n) is 14.6. The number of benzene rings is 1. The Labute approximate surface area is 152 Å². The van der Waals surface area contributed by atoms with Gasteiger partial charge in [-0.3, -0.25) is 4.79 Å². The third kappa shape index (κ3) is 3.20. The highest BCUT2D eigenvalue weighted by Crippen LogP contribution is 2.31. The van der Waals surface area contributed by atoms with E-state index in [4.69, 9.17) is 0 Å². The number of aromatic amines is 1. The molecule has 3 aromatic rings. The lowest BCUT2D eigenvalue weighted by atomic mass is 10.0. The molecule has 1 amide bonds. The van der Waals surface area contributed by atoms with E-state index in [9.17, 15) is 4.79 Å². The number of fused-ring (bicyclic) bond motifs is 1. The molecule has 1 atom stereocenters. The van der Waals surface area contributed by atoms with Crippen LogP contribution in [0.2, 0.25) is 0 Å². The van der Waals surface area contributed by atoms with Crippen LogP contribution in [0.15, 0.2) is 61.4 Å². The summed E-state index contributed by atoms with van der Waals surface area (Å²) < 4.78 is 0. The largest absolute Gasteiger partial charge is 0.368 e. The fourth-order valence-corrected chi connectivity index (χ4v) is 3.61. The minimum absolute atomic E-state index is 0.109. The lowest BCUT2D eigenvalue weighted by molar-refractivity contribution is -0.117. The monoisotopic (exact) mass is 346 g/mol. The van der Waals surface area contributed by atoms with Crippen molar-refractivity contribution in [3.63, 3.8) is 0 Å². The minimum Gasteiger partial charge on any atom is -0.368 e. The van der Waals surface area contributed by atoms with Crippen LogP contribution in [0.1, 0.15) is 12.8 Å². The van der Waals surface area contributed by atoms with Crippen LogP contribution >= 0.6 is 0 Å². The van der Waals surface area contributed by atoms with Gasteiger partial charge in [0, 0.05) is 36.3 Å². The van der Waals surface area contributed by atoms with Crippen molar-refractivity contribution in [3.05, 3.63) is 61.4 Å². The Hall–Kier alpha value is -3.08. The van der Waals surface area contributed by atoms with Gasteiger partial charge >= 0.3 is 0 Å². The molecule has 0 spiro atoms. The van der Waals surface area contributed by atoms with Crippen LogP contribution in [0.4, 0.5) is 5.69 Å². The SMILES string of the molecule is C=CC(=O)N[C@@H]1CCCN(c2cnc3[nH]cc(-c4ccccc4)c3c2)C1. The summed E-state index contributed by atoms with van der Waals surface area (Å²) in [7, 11) is 0. The van der Waals surface area contributed by atoms with Crippen LogP contribution in [-0.2, 0) is 4.79 Å². The van der Waals surface area contributed by atoms with Crippen molar-refractivity contribution in [3.8, 4) is 11.1 Å². The van der Waals surface area contributed by atoms with E-state index in [0.717, 1.165) is 48.2 Å². The zero-order valence-corrected chi connectivity index (χ0v) is 14.6. The van der Waals surface area contributed by atoms with Crippen LogP contribution in [0.25, 0.3) is 22.2 Å². The Balaban J connectivity index is 1.62. The molecule has 0 aliphatic carbocycles. The smallest absolute Gasteiger partial charge is 0.243 e. The number of nitrogens with zero attached hydrogens (tertiary/aromatic N) is 2. The van der Waals surface area contributed by atoms with Crippen LogP contribution in [-0.4, -0.2) is 35.0 Å². The molecule has 26 heavy (non-hydrogen) atoms. The number of carbonyl (C=O) groups excluding carboxylic acids is 1. The van der Waals surface area contributed by atoms with E-state index in [1.54, 1.807) is 0 Å². The fourth-order valence-electron chi connectivity index (χ4n) is 3.61. The van der Waals surface area contributed by atoms with Crippen molar-refractivity contribution < 1.29 is 4.79 Å². The summed E-state index contributed by atoms with van der Waals surface area (Å²) in [5, 5.41) is 4.13. The molecular formula is C21H22N4O. The number of pyridine rings is 1. The Bertz CT molecular complexity index is 932. The highest BCUT2D eigenvalue weighted by Gasteiger charge is 2.22. The maximum Gasteiger partial charge on any atom is 0.243 e. The predicted octanol–water partition coefficient (Wildman–Crippen LogP) is 3.50. The van der Waals surface area contributed by atoms with Crippen LogP contribution in [0.5, 0.6) is 0 Å². The molecule has 2 aromatic heterocycles. The normalized spacial score (nSPS) is 17.2. The standard InChI is InChI=1S/C21H22N4O/c1-2-20(26)24-16-9-6-10-25(14-16)17-11-18-19(13-23-21(18)22-12-17)15-7-4-3-5-8-15/h2-5,7-8,11-13,16H,1,6,9-10,14H2,(H,22,23)(H,24,26)/t16-/m1/s1. The molecule has 2 N–H and O–H groups in total. The number of nitrogens with one attached hydrogen (secondary N) is 2. The van der Waals surface area contributed by atoms with Gasteiger partial charge in [-0.1, -0.05) is 36.9 Å². The third-order valence-electron chi connectivity index (χ3n) is 4.92. The molecular weight excluding hydrogens is 324 g/mol. The van der Waals surface area contributed by atoms with Crippen molar-refractivity contribution in [2.75, 3.05) is 18.0 Å². The number of amides is 1. The molecule has 1 saturated heterocycles. The first-order chi connectivity index (χ1) is 12.7. The first-order valence-electron chi connectivity index (χ1n) is 8.95. The number of rotatable bonds is 4. The maximum atomic E-state index is 11.6. The molecule has 1 fully saturated rings. The molecule has 1 aliphatic heterocycles. The fraction of sp³-hybridized carbons (Fsp3) is 0.238. The van der Waals surface area contributed by atoms with Gasteiger partial charge in [-0.15, -0.1) is 0 Å². The van der Waals surface area contributed by atoms with E-state index in [-0.39, 0.29) is 11.9 Å². The Morgan fingerprint density at radius 3 is 3.00 bits per heavy atom. The Morgan fingerprint density at radius 1 is 1.35 bits per heavy atom. The number of anilines is 1. The average Bonchev–Trinajstić information content (AvgIpc) is 3.12. The zero-order chi connectivity index (χ0) is 17.9. The summed E-state index contributed by atoms with van der Waals surface area (Å²) in [5.74, 6) is -0.109. The number of H-pyrrole nitrogens is 1. The van der Waals surface area contributed by atoms with Gasteiger partial charge in [0.25, 0.3) is 0 Å². The Kier molecular flexibility index (Phi) is 4.44. The molecule has 0 radical (unpaired) electrons. The first kappa shape index (κ1) is 16.4. The maximum absolute atomic E-state index is 11.6. The molecule has 0 saturated carbocycles. The van der Waals surface area contributed by atoms with Gasteiger partial charge in [-0.25, -0.2) is 4.98 Å². The molecule has 132 valence electrons. The quantitative estimate of drug-likeness (QED) is 0.711. The van der Waals surface area contributed by atoms with Gasteiger partial charge in [0.15, 0.2) is 0 Å². The van der Waals surface area contributed by atoms with Gasteiger partial charge < -0.3 is 15.2 Å². The molecule has 1 aromatic carbocycles. The van der Waals surface area contributed by atoms with E-state index < -0.39 is 0 Å². The summed E-state index contributed by atoms with van der Waals surface area (Å²) in [6.07, 6.45) is 7.29. The summed E-state index contributed by atoms with van der Waals surface area (Å²) in [5.41, 5.74) is 4.31. The average molecular weight is 346 g/mol. The van der Waals surface area contributed by atoms with Crippen molar-refractivity contribution in [1.82, 2.24) is 15.3 Å². The van der Waals surface area contributed by atoms with E-state index >= 15 is 0 Å². The van der Waals surface area contributed by atoms with Crippen molar-refractivity contribution in [2.45, 2.75) is 18.9 Å². The number of hydrogen-bond acceptors (Lipinski definition) is 3. The first-order valence-corrected chi connectivity index (χ1v) is 8.95. The van der Waals surface area contributed by atoms with E-state index in [1.165, 1.54) is 11.6 Å². The van der Waals surface area contributed by atoms with Gasteiger partial charge in [0.05, 0.1) is 11.9 Å². The van der Waals surface area contributed by atoms with Crippen molar-refractivity contribution in [1.29, 1.82) is 0 Å². The number of piperidine rings is 1. The molecule has 0 unspecified atom stereocenters. The second kappa shape index (κ2) is 7.04. The van der Waals surface area contributed by atoms with Gasteiger partial charge in [0.1, 0.15) is 5.65 Å². The summed E-state index contributed by atoms with van der Waals surface area (Å²) >= 11 is 0. The molecule has 5 nitrogen and oxygen atoms in total. The van der Waals surface area contributed by atoms with Crippen molar-refractivity contribution >= 4 is 22.6 Å². The van der Waals surface area contributed by atoms with Gasteiger partial charge in [0.2, 0.25) is 5.91 Å².